The lowest BCUT2D eigenvalue weighted by molar-refractivity contribution is -0.151. The summed E-state index contributed by atoms with van der Waals surface area (Å²) in [5.74, 6) is -0.0915. The number of nitrogens with zero attached hydrogens (tertiary/aromatic N) is 1. The number of nitrogens with one attached hydrogen (secondary N) is 1. The summed E-state index contributed by atoms with van der Waals surface area (Å²) in [5.41, 5.74) is 0.530. The first-order chi connectivity index (χ1) is 9.23. The Balaban J connectivity index is 1.90. The molecule has 0 amide bonds. The molecule has 0 bridgehead atoms. The molecule has 1 N–H and O–H groups in total. The largest absolute Gasteiger partial charge is 0.459 e. The van der Waals surface area contributed by atoms with Gasteiger partial charge in [0.1, 0.15) is 12.1 Å². The summed E-state index contributed by atoms with van der Waals surface area (Å²) in [6.07, 6.45) is 7.01. The van der Waals surface area contributed by atoms with E-state index in [1.807, 2.05) is 6.08 Å². The molecule has 0 aromatic heterocycles. The van der Waals surface area contributed by atoms with Crippen molar-refractivity contribution in [3.8, 4) is 0 Å². The van der Waals surface area contributed by atoms with Crippen LogP contribution in [0.2, 0.25) is 0 Å². The molecule has 0 radical (unpaired) electrons. The van der Waals surface area contributed by atoms with Crippen LogP contribution in [0.4, 0.5) is 0 Å². The average molecular weight is 262 g/mol. The second-order valence-electron chi connectivity index (χ2n) is 5.03. The molecule has 1 heterocycles. The molecule has 4 heteroatoms. The van der Waals surface area contributed by atoms with Crippen molar-refractivity contribution in [1.82, 2.24) is 10.2 Å². The molecule has 0 atom stereocenters. The lowest BCUT2D eigenvalue weighted by Gasteiger charge is -2.33. The van der Waals surface area contributed by atoms with E-state index in [1.165, 1.54) is 0 Å². The highest BCUT2D eigenvalue weighted by Crippen LogP contribution is 2.43. The third-order valence-corrected chi connectivity index (χ3v) is 3.79. The first-order valence-electron chi connectivity index (χ1n) is 6.80. The Morgan fingerprint density at radius 1 is 1.32 bits per heavy atom. The van der Waals surface area contributed by atoms with E-state index in [0.717, 1.165) is 44.6 Å². The van der Waals surface area contributed by atoms with Gasteiger partial charge >= 0.3 is 5.97 Å². The maximum Gasteiger partial charge on any atom is 0.326 e. The molecule has 19 heavy (non-hydrogen) atoms. The van der Waals surface area contributed by atoms with Gasteiger partial charge < -0.3 is 10.1 Å². The van der Waals surface area contributed by atoms with Gasteiger partial charge in [0.15, 0.2) is 0 Å². The molecular weight excluding hydrogens is 240 g/mol. The molecule has 1 aliphatic carbocycles. The minimum Gasteiger partial charge on any atom is -0.459 e. The zero-order chi connectivity index (χ0) is 13.7. The van der Waals surface area contributed by atoms with E-state index in [1.54, 1.807) is 12.2 Å². The number of ether oxygens (including phenoxy) is 1. The van der Waals surface area contributed by atoms with E-state index in [9.17, 15) is 4.79 Å². The molecule has 1 aliphatic heterocycles. The highest BCUT2D eigenvalue weighted by atomic mass is 16.5. The molecule has 2 aliphatic rings. The van der Waals surface area contributed by atoms with Gasteiger partial charge in [0.25, 0.3) is 0 Å². The van der Waals surface area contributed by atoms with Crippen LogP contribution in [0, 0.1) is 0 Å². The molecule has 0 aromatic carbocycles. The molecule has 0 aromatic rings. The van der Waals surface area contributed by atoms with E-state index >= 15 is 0 Å². The molecule has 2 fully saturated rings. The summed E-state index contributed by atoms with van der Waals surface area (Å²) in [5, 5.41) is 3.30. The first kappa shape index (κ1) is 14.0. The van der Waals surface area contributed by atoms with Gasteiger partial charge in [-0.3, -0.25) is 9.69 Å². The van der Waals surface area contributed by atoms with Crippen LogP contribution in [-0.4, -0.2) is 49.2 Å². The fourth-order valence-electron chi connectivity index (χ4n) is 2.47. The molecule has 0 unspecified atom stereocenters. The molecule has 104 valence electrons. The van der Waals surface area contributed by atoms with Gasteiger partial charge in [0, 0.05) is 26.2 Å². The zero-order valence-corrected chi connectivity index (χ0v) is 11.4. The highest BCUT2D eigenvalue weighted by Gasteiger charge is 2.55. The Kier molecular flexibility index (Phi) is 4.56. The Bertz CT molecular complexity index is 391. The normalized spacial score (nSPS) is 22.6. The third kappa shape index (κ3) is 3.14. The van der Waals surface area contributed by atoms with Gasteiger partial charge in [0.2, 0.25) is 0 Å². The van der Waals surface area contributed by atoms with Crippen LogP contribution >= 0.6 is 0 Å². The van der Waals surface area contributed by atoms with Crippen molar-refractivity contribution in [3.05, 3.63) is 37.0 Å². The minimum atomic E-state index is -0.345. The van der Waals surface area contributed by atoms with Crippen LogP contribution in [-0.2, 0) is 9.53 Å². The van der Waals surface area contributed by atoms with Crippen molar-refractivity contribution in [2.24, 2.45) is 0 Å². The number of carbonyl (C=O) groups is 1. The second-order valence-corrected chi connectivity index (χ2v) is 5.03. The van der Waals surface area contributed by atoms with Crippen molar-refractivity contribution >= 4 is 5.97 Å². The van der Waals surface area contributed by atoms with Crippen molar-refractivity contribution in [2.45, 2.75) is 18.4 Å². The number of hydrogen-bond acceptors (Lipinski definition) is 4. The van der Waals surface area contributed by atoms with Gasteiger partial charge in [-0.2, -0.15) is 0 Å². The number of allylic oxidation sites excluding steroid dienone is 2. The maximum absolute atomic E-state index is 12.3. The topological polar surface area (TPSA) is 41.6 Å². The molecular formula is C15H22N2O2. The van der Waals surface area contributed by atoms with Crippen molar-refractivity contribution in [1.29, 1.82) is 0 Å². The van der Waals surface area contributed by atoms with Crippen LogP contribution in [0.3, 0.4) is 0 Å². The van der Waals surface area contributed by atoms with E-state index in [4.69, 9.17) is 4.74 Å². The number of hydrogen-bond donors (Lipinski definition) is 1. The van der Waals surface area contributed by atoms with E-state index in [0.29, 0.717) is 0 Å². The summed E-state index contributed by atoms with van der Waals surface area (Å²) >= 11 is 0. The van der Waals surface area contributed by atoms with Crippen LogP contribution in [0.5, 0.6) is 0 Å². The Hall–Kier alpha value is -1.39. The maximum atomic E-state index is 12.3. The lowest BCUT2D eigenvalue weighted by Crippen LogP contribution is -2.53. The van der Waals surface area contributed by atoms with Crippen LogP contribution in [0.25, 0.3) is 0 Å². The standard InChI is InChI=1S/C15H22N2O2/c1-3-5-13(4-2)12-19-14(18)15(6-7-15)17-10-8-16-9-11-17/h3-5,16H,1-2,6-12H2/b13-5+. The molecule has 2 rings (SSSR count). The predicted molar refractivity (Wildman–Crippen MR) is 75.8 cm³/mol. The SMILES string of the molecule is C=C/C=C(\C=C)COC(=O)C1(N2CCNCC2)CC1. The van der Waals surface area contributed by atoms with Crippen LogP contribution < -0.4 is 5.32 Å². The Morgan fingerprint density at radius 2 is 2.00 bits per heavy atom. The quantitative estimate of drug-likeness (QED) is 0.578. The number of esters is 1. The smallest absolute Gasteiger partial charge is 0.326 e. The van der Waals surface area contributed by atoms with Gasteiger partial charge in [-0.15, -0.1) is 0 Å². The summed E-state index contributed by atoms with van der Waals surface area (Å²) in [7, 11) is 0. The predicted octanol–water partition coefficient (Wildman–Crippen LogP) is 1.27. The van der Waals surface area contributed by atoms with Crippen molar-refractivity contribution < 1.29 is 9.53 Å². The number of piperazine rings is 1. The van der Waals surface area contributed by atoms with E-state index in [2.05, 4.69) is 23.4 Å². The third-order valence-electron chi connectivity index (χ3n) is 3.79. The van der Waals surface area contributed by atoms with E-state index < -0.39 is 0 Å². The first-order valence-corrected chi connectivity index (χ1v) is 6.80. The summed E-state index contributed by atoms with van der Waals surface area (Å²) < 4.78 is 5.44. The average Bonchev–Trinajstić information content (AvgIpc) is 3.26. The molecule has 0 spiro atoms. The lowest BCUT2D eigenvalue weighted by atomic mass is 10.2. The van der Waals surface area contributed by atoms with Crippen LogP contribution in [0.15, 0.2) is 37.0 Å². The van der Waals surface area contributed by atoms with Crippen molar-refractivity contribution in [2.75, 3.05) is 32.8 Å². The fourth-order valence-corrected chi connectivity index (χ4v) is 2.47. The van der Waals surface area contributed by atoms with Gasteiger partial charge in [0.05, 0.1) is 0 Å². The number of rotatable bonds is 6. The Morgan fingerprint density at radius 3 is 2.53 bits per heavy atom. The zero-order valence-electron chi connectivity index (χ0n) is 11.4. The van der Waals surface area contributed by atoms with Gasteiger partial charge in [-0.25, -0.2) is 0 Å². The summed E-state index contributed by atoms with van der Waals surface area (Å²) in [6, 6.07) is 0. The second kappa shape index (κ2) is 6.17. The summed E-state index contributed by atoms with van der Waals surface area (Å²) in [6.45, 7) is 11.3. The molecule has 1 saturated carbocycles. The summed E-state index contributed by atoms with van der Waals surface area (Å²) in [4.78, 5) is 14.5. The highest BCUT2D eigenvalue weighted by molar-refractivity contribution is 5.84. The van der Waals surface area contributed by atoms with Crippen LogP contribution in [0.1, 0.15) is 12.8 Å². The van der Waals surface area contributed by atoms with Crippen molar-refractivity contribution in [3.63, 3.8) is 0 Å². The molecule has 1 saturated heterocycles. The van der Waals surface area contributed by atoms with Gasteiger partial charge in [-0.1, -0.05) is 31.4 Å². The minimum absolute atomic E-state index is 0.0915. The monoisotopic (exact) mass is 262 g/mol. The Labute approximate surface area is 114 Å². The van der Waals surface area contributed by atoms with Gasteiger partial charge in [-0.05, 0) is 18.4 Å². The van der Waals surface area contributed by atoms with E-state index in [-0.39, 0.29) is 18.1 Å². The fraction of sp³-hybridized carbons (Fsp3) is 0.533. The molecule has 4 nitrogen and oxygen atoms in total. The number of carbonyl (C=O) groups excluding carboxylic acids is 1.